The number of nitrogens with one attached hydrogen (secondary N) is 1. The first-order chi connectivity index (χ1) is 5.50. The lowest BCUT2D eigenvalue weighted by atomic mass is 9.76. The van der Waals surface area contributed by atoms with Crippen LogP contribution in [0.1, 0.15) is 13.8 Å². The van der Waals surface area contributed by atoms with Gasteiger partial charge in [-0.1, -0.05) is 19.8 Å². The summed E-state index contributed by atoms with van der Waals surface area (Å²) in [4.78, 5) is 1.45. The summed E-state index contributed by atoms with van der Waals surface area (Å²) in [5.74, 6) is 2.94. The van der Waals surface area contributed by atoms with E-state index in [0.717, 1.165) is 13.1 Å². The zero-order chi connectivity index (χ0) is 9.35. The molecule has 0 aromatic rings. The van der Waals surface area contributed by atoms with Crippen LogP contribution < -0.4 is 4.90 Å². The molecule has 1 heterocycles. The minimum absolute atomic E-state index is 0.200. The monoisotopic (exact) mass is 168 g/mol. The highest BCUT2D eigenvalue weighted by atomic mass is 16.3. The third-order valence-electron chi connectivity index (χ3n) is 3.04. The first-order valence-corrected chi connectivity index (χ1v) is 4.52. The highest BCUT2D eigenvalue weighted by Crippen LogP contribution is 2.26. The van der Waals surface area contributed by atoms with E-state index < -0.39 is 5.60 Å². The summed E-state index contributed by atoms with van der Waals surface area (Å²) < 4.78 is 0. The minimum atomic E-state index is -0.875. The van der Waals surface area contributed by atoms with E-state index in [4.69, 9.17) is 6.42 Å². The zero-order valence-electron chi connectivity index (χ0n) is 8.09. The van der Waals surface area contributed by atoms with Crippen LogP contribution >= 0.6 is 0 Å². The van der Waals surface area contributed by atoms with Gasteiger partial charge in [-0.05, 0) is 0 Å². The van der Waals surface area contributed by atoms with Crippen molar-refractivity contribution in [1.82, 2.24) is 0 Å². The molecular weight excluding hydrogens is 150 g/mol. The van der Waals surface area contributed by atoms with E-state index in [9.17, 15) is 5.11 Å². The van der Waals surface area contributed by atoms with Gasteiger partial charge in [0.1, 0.15) is 5.60 Å². The van der Waals surface area contributed by atoms with Crippen LogP contribution in [0.15, 0.2) is 0 Å². The predicted molar refractivity (Wildman–Crippen MR) is 48.7 cm³/mol. The van der Waals surface area contributed by atoms with Crippen LogP contribution in [-0.2, 0) is 0 Å². The maximum atomic E-state index is 10.1. The molecule has 2 N–H and O–H groups in total. The minimum Gasteiger partial charge on any atom is -0.377 e. The van der Waals surface area contributed by atoms with E-state index >= 15 is 0 Å². The van der Waals surface area contributed by atoms with Crippen LogP contribution in [0, 0.1) is 24.2 Å². The summed E-state index contributed by atoms with van der Waals surface area (Å²) in [5, 5.41) is 10.1. The molecule has 0 spiro atoms. The van der Waals surface area contributed by atoms with Gasteiger partial charge in [0.15, 0.2) is 0 Å². The molecule has 0 radical (unpaired) electrons. The topological polar surface area (TPSA) is 24.7 Å². The predicted octanol–water partition coefficient (Wildman–Crippen LogP) is -0.849. The molecule has 68 valence electrons. The molecule has 1 rings (SSSR count). The van der Waals surface area contributed by atoms with Gasteiger partial charge in [0.25, 0.3) is 0 Å². The second kappa shape index (κ2) is 3.08. The molecule has 12 heavy (non-hydrogen) atoms. The quantitative estimate of drug-likeness (QED) is 0.453. The van der Waals surface area contributed by atoms with E-state index in [1.165, 1.54) is 4.90 Å². The van der Waals surface area contributed by atoms with Crippen LogP contribution in [0.2, 0.25) is 0 Å². The summed E-state index contributed by atoms with van der Waals surface area (Å²) in [6, 6.07) is 0. The Balaban J connectivity index is 2.82. The van der Waals surface area contributed by atoms with Crippen molar-refractivity contribution in [2.75, 3.05) is 20.1 Å². The smallest absolute Gasteiger partial charge is 0.140 e. The van der Waals surface area contributed by atoms with Crippen LogP contribution in [0.25, 0.3) is 0 Å². The van der Waals surface area contributed by atoms with E-state index in [1.807, 2.05) is 13.8 Å². The SMILES string of the molecule is C#CC1(O)C(C)C[NH+](C)CC1C. The van der Waals surface area contributed by atoms with Crippen molar-refractivity contribution in [2.24, 2.45) is 11.8 Å². The van der Waals surface area contributed by atoms with Crippen LogP contribution in [0.5, 0.6) is 0 Å². The highest BCUT2D eigenvalue weighted by Gasteiger charge is 2.44. The second-order valence-corrected chi connectivity index (χ2v) is 4.14. The molecule has 0 bridgehead atoms. The van der Waals surface area contributed by atoms with Crippen molar-refractivity contribution in [2.45, 2.75) is 19.4 Å². The van der Waals surface area contributed by atoms with E-state index in [-0.39, 0.29) is 11.8 Å². The van der Waals surface area contributed by atoms with Gasteiger partial charge in [-0.15, -0.1) is 6.42 Å². The molecule has 2 atom stereocenters. The molecule has 2 unspecified atom stereocenters. The second-order valence-electron chi connectivity index (χ2n) is 4.14. The van der Waals surface area contributed by atoms with Crippen molar-refractivity contribution in [1.29, 1.82) is 0 Å². The lowest BCUT2D eigenvalue weighted by Gasteiger charge is -2.41. The van der Waals surface area contributed by atoms with Crippen LogP contribution in [-0.4, -0.2) is 30.8 Å². The lowest BCUT2D eigenvalue weighted by molar-refractivity contribution is -0.895. The lowest BCUT2D eigenvalue weighted by Crippen LogP contribution is -3.12. The first-order valence-electron chi connectivity index (χ1n) is 4.52. The van der Waals surface area contributed by atoms with Gasteiger partial charge in [-0.25, -0.2) is 0 Å². The molecule has 0 aromatic carbocycles. The molecule has 2 nitrogen and oxygen atoms in total. The zero-order valence-corrected chi connectivity index (χ0v) is 8.09. The van der Waals surface area contributed by atoms with Crippen molar-refractivity contribution in [3.05, 3.63) is 0 Å². The number of likely N-dealkylation sites (tertiary alicyclic amines) is 1. The van der Waals surface area contributed by atoms with Crippen molar-refractivity contribution in [3.8, 4) is 12.3 Å². The van der Waals surface area contributed by atoms with Gasteiger partial charge in [-0.2, -0.15) is 0 Å². The molecule has 0 saturated carbocycles. The molecule has 1 aliphatic rings. The maximum Gasteiger partial charge on any atom is 0.140 e. The van der Waals surface area contributed by atoms with Crippen LogP contribution in [0.3, 0.4) is 0 Å². The Morgan fingerprint density at radius 1 is 1.42 bits per heavy atom. The Labute approximate surface area is 74.6 Å². The number of terminal acetylenes is 1. The summed E-state index contributed by atoms with van der Waals surface area (Å²) in [6.07, 6.45) is 5.35. The molecule has 0 aromatic heterocycles. The average Bonchev–Trinajstić information content (AvgIpc) is 2.00. The number of rotatable bonds is 0. The highest BCUT2D eigenvalue weighted by molar-refractivity contribution is 5.13. The van der Waals surface area contributed by atoms with Crippen LogP contribution in [0.4, 0.5) is 0 Å². The number of hydrogen-bond acceptors (Lipinski definition) is 1. The van der Waals surface area contributed by atoms with Gasteiger partial charge in [0.2, 0.25) is 0 Å². The van der Waals surface area contributed by atoms with Crippen molar-refractivity contribution in [3.63, 3.8) is 0 Å². The molecule has 1 saturated heterocycles. The number of aliphatic hydroxyl groups is 1. The molecule has 2 heteroatoms. The largest absolute Gasteiger partial charge is 0.377 e. The Bertz CT molecular complexity index is 194. The summed E-state index contributed by atoms with van der Waals surface area (Å²) in [7, 11) is 2.14. The van der Waals surface area contributed by atoms with Crippen molar-refractivity contribution >= 4 is 0 Å². The summed E-state index contributed by atoms with van der Waals surface area (Å²) >= 11 is 0. The number of quaternary nitrogens is 1. The first kappa shape index (κ1) is 9.57. The molecule has 0 aliphatic carbocycles. The van der Waals surface area contributed by atoms with Gasteiger partial charge in [0.05, 0.1) is 20.1 Å². The maximum absolute atomic E-state index is 10.1. The van der Waals surface area contributed by atoms with Gasteiger partial charge >= 0.3 is 0 Å². The molecular formula is C10H18NO+. The Kier molecular flexibility index (Phi) is 2.46. The van der Waals surface area contributed by atoms with Gasteiger partial charge < -0.3 is 10.0 Å². The molecule has 1 aliphatic heterocycles. The third-order valence-corrected chi connectivity index (χ3v) is 3.04. The number of piperidine rings is 1. The standard InChI is InChI=1S/C10H17NO/c1-5-10(12)8(2)6-11(4)7-9(10)3/h1,8-9,12H,6-7H2,2-4H3/p+1. The summed E-state index contributed by atoms with van der Waals surface area (Å²) in [6.45, 7) is 5.98. The average molecular weight is 168 g/mol. The Morgan fingerprint density at radius 3 is 2.17 bits per heavy atom. The normalized spacial score (nSPS) is 48.4. The Hall–Kier alpha value is -0.520. The number of hydrogen-bond donors (Lipinski definition) is 2. The fourth-order valence-corrected chi connectivity index (χ4v) is 2.21. The van der Waals surface area contributed by atoms with E-state index in [2.05, 4.69) is 13.0 Å². The molecule has 1 fully saturated rings. The summed E-state index contributed by atoms with van der Waals surface area (Å²) in [5.41, 5.74) is -0.875. The fourth-order valence-electron chi connectivity index (χ4n) is 2.21. The van der Waals surface area contributed by atoms with E-state index in [0.29, 0.717) is 0 Å². The van der Waals surface area contributed by atoms with Gasteiger partial charge in [0, 0.05) is 11.8 Å². The third kappa shape index (κ3) is 1.35. The van der Waals surface area contributed by atoms with Gasteiger partial charge in [-0.3, -0.25) is 0 Å². The van der Waals surface area contributed by atoms with Crippen molar-refractivity contribution < 1.29 is 10.0 Å². The Morgan fingerprint density at radius 2 is 1.83 bits per heavy atom. The molecule has 0 amide bonds. The fraction of sp³-hybridized carbons (Fsp3) is 0.800. The van der Waals surface area contributed by atoms with E-state index in [1.54, 1.807) is 0 Å².